The molecule has 100 valence electrons. The van der Waals surface area contributed by atoms with Crippen molar-refractivity contribution in [3.8, 4) is 0 Å². The van der Waals surface area contributed by atoms with Gasteiger partial charge in [-0.05, 0) is 75.9 Å². The summed E-state index contributed by atoms with van der Waals surface area (Å²) in [6.45, 7) is 6.68. The van der Waals surface area contributed by atoms with Crippen LogP contribution in [0.25, 0.3) is 0 Å². The highest BCUT2D eigenvalue weighted by molar-refractivity contribution is 5.40. The van der Waals surface area contributed by atoms with Gasteiger partial charge in [-0.25, -0.2) is 0 Å². The quantitative estimate of drug-likeness (QED) is 0.888. The minimum atomic E-state index is 0.421. The molecule has 0 spiro atoms. The fourth-order valence-corrected chi connectivity index (χ4v) is 3.22. The SMILES string of the molecule is Cc1ccc(C(C2CC(N)C2)N(C)C)c(C)c1C. The third-order valence-electron chi connectivity index (χ3n) is 4.63. The van der Waals surface area contributed by atoms with Crippen molar-refractivity contribution in [1.29, 1.82) is 0 Å². The summed E-state index contributed by atoms with van der Waals surface area (Å²) in [5.74, 6) is 0.718. The first kappa shape index (κ1) is 13.6. The van der Waals surface area contributed by atoms with Crippen LogP contribution in [0.5, 0.6) is 0 Å². The summed E-state index contributed by atoms with van der Waals surface area (Å²) in [5.41, 5.74) is 11.7. The van der Waals surface area contributed by atoms with E-state index in [2.05, 4.69) is 51.9 Å². The van der Waals surface area contributed by atoms with Gasteiger partial charge in [0.05, 0.1) is 0 Å². The van der Waals surface area contributed by atoms with Crippen LogP contribution in [0.15, 0.2) is 12.1 Å². The molecule has 0 radical (unpaired) electrons. The summed E-state index contributed by atoms with van der Waals surface area (Å²) in [5, 5.41) is 0. The molecule has 0 aliphatic heterocycles. The van der Waals surface area contributed by atoms with Gasteiger partial charge in [0.15, 0.2) is 0 Å². The van der Waals surface area contributed by atoms with Crippen molar-refractivity contribution in [2.45, 2.75) is 45.7 Å². The molecule has 1 aromatic carbocycles. The Hall–Kier alpha value is -0.860. The van der Waals surface area contributed by atoms with Crippen LogP contribution in [0.4, 0.5) is 0 Å². The minimum absolute atomic E-state index is 0.421. The molecule has 1 atom stereocenters. The second-order valence-electron chi connectivity index (χ2n) is 6.12. The molecule has 0 amide bonds. The summed E-state index contributed by atoms with van der Waals surface area (Å²) in [6, 6.07) is 5.51. The zero-order valence-corrected chi connectivity index (χ0v) is 12.3. The van der Waals surface area contributed by atoms with Crippen molar-refractivity contribution in [3.05, 3.63) is 34.4 Å². The molecule has 2 N–H and O–H groups in total. The lowest BCUT2D eigenvalue weighted by Gasteiger charge is -2.42. The molecule has 2 nitrogen and oxygen atoms in total. The largest absolute Gasteiger partial charge is 0.328 e. The van der Waals surface area contributed by atoms with E-state index in [0.29, 0.717) is 12.1 Å². The van der Waals surface area contributed by atoms with E-state index in [4.69, 9.17) is 5.73 Å². The molecule has 1 aliphatic carbocycles. The fraction of sp³-hybridized carbons (Fsp3) is 0.625. The zero-order valence-electron chi connectivity index (χ0n) is 12.3. The van der Waals surface area contributed by atoms with Gasteiger partial charge in [0.25, 0.3) is 0 Å². The van der Waals surface area contributed by atoms with Gasteiger partial charge in [0, 0.05) is 12.1 Å². The monoisotopic (exact) mass is 246 g/mol. The normalized spacial score (nSPS) is 25.1. The molecular weight excluding hydrogens is 220 g/mol. The predicted octanol–water partition coefficient (Wildman–Crippen LogP) is 2.95. The predicted molar refractivity (Wildman–Crippen MR) is 77.8 cm³/mol. The summed E-state index contributed by atoms with van der Waals surface area (Å²) >= 11 is 0. The first-order valence-electron chi connectivity index (χ1n) is 6.90. The molecule has 1 unspecified atom stereocenters. The molecule has 18 heavy (non-hydrogen) atoms. The Morgan fingerprint density at radius 2 is 1.72 bits per heavy atom. The van der Waals surface area contributed by atoms with Crippen molar-refractivity contribution in [2.24, 2.45) is 11.7 Å². The van der Waals surface area contributed by atoms with E-state index in [-0.39, 0.29) is 0 Å². The second-order valence-corrected chi connectivity index (χ2v) is 6.12. The molecule has 0 saturated heterocycles. The molecule has 1 aliphatic rings. The standard InChI is InChI=1S/C16H26N2/c1-10-6-7-15(12(3)11(10)2)16(18(4)5)13-8-14(17)9-13/h6-7,13-14,16H,8-9,17H2,1-5H3. The van der Waals surface area contributed by atoms with Crippen molar-refractivity contribution < 1.29 is 0 Å². The fourth-order valence-electron chi connectivity index (χ4n) is 3.22. The Morgan fingerprint density at radius 1 is 1.11 bits per heavy atom. The Labute approximate surface area is 111 Å². The summed E-state index contributed by atoms with van der Waals surface area (Å²) in [6.07, 6.45) is 2.32. The topological polar surface area (TPSA) is 29.3 Å². The lowest BCUT2D eigenvalue weighted by Crippen LogP contribution is -2.43. The van der Waals surface area contributed by atoms with E-state index in [1.165, 1.54) is 22.3 Å². The van der Waals surface area contributed by atoms with Crippen LogP contribution in [0.1, 0.15) is 41.1 Å². The van der Waals surface area contributed by atoms with Gasteiger partial charge < -0.3 is 10.6 Å². The highest BCUT2D eigenvalue weighted by Crippen LogP contribution is 2.41. The Balaban J connectivity index is 2.34. The molecular formula is C16H26N2. The number of nitrogens with zero attached hydrogens (tertiary/aromatic N) is 1. The zero-order chi connectivity index (χ0) is 13.4. The highest BCUT2D eigenvalue weighted by atomic mass is 15.1. The summed E-state index contributed by atoms with van der Waals surface area (Å²) in [4.78, 5) is 2.35. The van der Waals surface area contributed by atoms with Gasteiger partial charge in [-0.1, -0.05) is 12.1 Å². The maximum atomic E-state index is 5.96. The molecule has 2 heteroatoms. The lowest BCUT2D eigenvalue weighted by molar-refractivity contribution is 0.123. The van der Waals surface area contributed by atoms with Crippen molar-refractivity contribution in [3.63, 3.8) is 0 Å². The van der Waals surface area contributed by atoms with Crippen LogP contribution < -0.4 is 5.73 Å². The van der Waals surface area contributed by atoms with Crippen LogP contribution >= 0.6 is 0 Å². The molecule has 0 aromatic heterocycles. The third kappa shape index (κ3) is 2.32. The van der Waals surface area contributed by atoms with E-state index in [0.717, 1.165) is 18.8 Å². The average Bonchev–Trinajstić information content (AvgIpc) is 2.26. The number of hydrogen-bond acceptors (Lipinski definition) is 2. The first-order chi connectivity index (χ1) is 8.41. The Bertz CT molecular complexity index is 431. The maximum Gasteiger partial charge on any atom is 0.0374 e. The molecule has 0 heterocycles. The maximum absolute atomic E-state index is 5.96. The number of benzene rings is 1. The van der Waals surface area contributed by atoms with Crippen LogP contribution in [-0.4, -0.2) is 25.0 Å². The number of hydrogen-bond donors (Lipinski definition) is 1. The molecule has 1 saturated carbocycles. The van der Waals surface area contributed by atoms with Gasteiger partial charge in [-0.3, -0.25) is 0 Å². The Morgan fingerprint density at radius 3 is 2.22 bits per heavy atom. The molecule has 1 fully saturated rings. The number of rotatable bonds is 3. The van der Waals surface area contributed by atoms with E-state index in [9.17, 15) is 0 Å². The van der Waals surface area contributed by atoms with Crippen LogP contribution in [-0.2, 0) is 0 Å². The van der Waals surface area contributed by atoms with Crippen molar-refractivity contribution in [1.82, 2.24) is 4.90 Å². The van der Waals surface area contributed by atoms with Crippen LogP contribution in [0, 0.1) is 26.7 Å². The minimum Gasteiger partial charge on any atom is -0.328 e. The van der Waals surface area contributed by atoms with E-state index < -0.39 is 0 Å². The molecule has 0 bridgehead atoms. The Kier molecular flexibility index (Phi) is 3.79. The first-order valence-corrected chi connectivity index (χ1v) is 6.90. The van der Waals surface area contributed by atoms with Crippen LogP contribution in [0.3, 0.4) is 0 Å². The van der Waals surface area contributed by atoms with Crippen molar-refractivity contribution >= 4 is 0 Å². The van der Waals surface area contributed by atoms with Crippen LogP contribution in [0.2, 0.25) is 0 Å². The van der Waals surface area contributed by atoms with Gasteiger partial charge in [0.2, 0.25) is 0 Å². The number of nitrogens with two attached hydrogens (primary N) is 1. The van der Waals surface area contributed by atoms with E-state index in [1.54, 1.807) is 0 Å². The number of aryl methyl sites for hydroxylation is 1. The third-order valence-corrected chi connectivity index (χ3v) is 4.63. The van der Waals surface area contributed by atoms with E-state index >= 15 is 0 Å². The van der Waals surface area contributed by atoms with Gasteiger partial charge in [-0.2, -0.15) is 0 Å². The second kappa shape index (κ2) is 5.02. The lowest BCUT2D eigenvalue weighted by atomic mass is 9.72. The summed E-state index contributed by atoms with van der Waals surface area (Å²) in [7, 11) is 4.37. The molecule has 1 aromatic rings. The smallest absolute Gasteiger partial charge is 0.0374 e. The van der Waals surface area contributed by atoms with Gasteiger partial charge in [-0.15, -0.1) is 0 Å². The van der Waals surface area contributed by atoms with Gasteiger partial charge >= 0.3 is 0 Å². The van der Waals surface area contributed by atoms with Crippen molar-refractivity contribution in [2.75, 3.05) is 14.1 Å². The summed E-state index contributed by atoms with van der Waals surface area (Å²) < 4.78 is 0. The average molecular weight is 246 g/mol. The van der Waals surface area contributed by atoms with Gasteiger partial charge in [0.1, 0.15) is 0 Å². The highest BCUT2D eigenvalue weighted by Gasteiger charge is 2.35. The van der Waals surface area contributed by atoms with E-state index in [1.807, 2.05) is 0 Å². The molecule has 2 rings (SSSR count).